The topological polar surface area (TPSA) is 310 Å². The number of aliphatic hydroxyl groups excluding tert-OH is 4. The average molecular weight is 657 g/mol. The Labute approximate surface area is 358 Å². The van der Waals surface area contributed by atoms with E-state index in [1.54, 1.807) is 0 Å². The van der Waals surface area contributed by atoms with E-state index in [9.17, 15) is 51.9 Å². The van der Waals surface area contributed by atoms with E-state index in [1.165, 1.54) is 0 Å². The zero-order valence-electron chi connectivity index (χ0n) is 18.0. The summed E-state index contributed by atoms with van der Waals surface area (Å²) in [6.45, 7) is -2.37. The molecule has 0 heterocycles. The van der Waals surface area contributed by atoms with Crippen LogP contribution in [-0.2, 0) is 40.5 Å². The van der Waals surface area contributed by atoms with Gasteiger partial charge >= 0.3 is 206 Å². The molecule has 176 valence electrons. The molecule has 0 rings (SSSR count). The predicted molar refractivity (Wildman–Crippen MR) is 86.6 cm³/mol. The molecular weight excluding hydrogens is 637 g/mol. The van der Waals surface area contributed by atoms with Gasteiger partial charge in [-0.1, -0.05) is 0 Å². The molecule has 0 aromatic heterocycles. The van der Waals surface area contributed by atoms with Crippen molar-refractivity contribution in [2.75, 3.05) is 49.4 Å². The molecule has 0 aromatic carbocycles. The number of aliphatic hydroxyl groups is 4. The maximum absolute atomic E-state index is 9.52. The fourth-order valence-corrected chi connectivity index (χ4v) is 1.34. The minimum absolute atomic E-state index is 0. The third-order valence-corrected chi connectivity index (χ3v) is 4.10. The first kappa shape index (κ1) is 57.8. The average Bonchev–Trinajstić information content (AvgIpc) is 2.34. The largest absolute Gasteiger partial charge is 1.00 e. The third-order valence-electron chi connectivity index (χ3n) is 1.37. The monoisotopic (exact) mass is 656 g/mol. The van der Waals surface area contributed by atoms with Crippen LogP contribution in [0.2, 0.25) is 0 Å². The Morgan fingerprint density at radius 3 is 0.469 bits per heavy atom. The van der Waals surface area contributed by atoms with Crippen LogP contribution in [0.25, 0.3) is 0 Å². The number of hydrogen-bond donors (Lipinski definition) is 4. The smallest absolute Gasteiger partial charge is 0.748 e. The van der Waals surface area contributed by atoms with Crippen LogP contribution < -0.4 is 206 Å². The van der Waals surface area contributed by atoms with Gasteiger partial charge in [0.1, 0.15) is 0 Å². The third kappa shape index (κ3) is 91.1. The predicted octanol–water partition coefficient (Wildman–Crippen LogP) is -17.9. The summed E-state index contributed by atoms with van der Waals surface area (Å²) in [5, 5.41) is 31.3. The molecule has 0 saturated heterocycles. The van der Waals surface area contributed by atoms with Crippen molar-refractivity contribution >= 4 is 40.5 Å². The van der Waals surface area contributed by atoms with Crippen molar-refractivity contribution in [3.8, 4) is 0 Å². The van der Waals surface area contributed by atoms with E-state index >= 15 is 0 Å². The van der Waals surface area contributed by atoms with Crippen molar-refractivity contribution < 1.29 is 278 Å². The summed E-state index contributed by atoms with van der Waals surface area (Å²) in [5.41, 5.74) is 0. The first-order valence-electron chi connectivity index (χ1n) is 6.42. The second kappa shape index (κ2) is 33.2. The molecule has 0 fully saturated rings. The molecule has 0 unspecified atom stereocenters. The van der Waals surface area contributed by atoms with Gasteiger partial charge in [0.2, 0.25) is 0 Å². The molecule has 0 atom stereocenters. The van der Waals surface area contributed by atoms with Crippen LogP contribution in [0.3, 0.4) is 0 Å². The molecule has 0 saturated carbocycles. The minimum atomic E-state index is -4.17. The Kier molecular flexibility index (Phi) is 60.1. The summed E-state index contributed by atoms with van der Waals surface area (Å²) < 4.78 is 114. The van der Waals surface area contributed by atoms with Crippen molar-refractivity contribution in [1.82, 2.24) is 0 Å². The SMILES string of the molecule is O=S(=O)([O-])CCO.O=S(=O)([O-])CCO.O=S(=O)([O-])CCO.O=S(=O)([O-])CCO.[K+].[K+].[K+].[K+]. The van der Waals surface area contributed by atoms with Crippen LogP contribution in [0.15, 0.2) is 0 Å². The Morgan fingerprint density at radius 2 is 0.469 bits per heavy atom. The molecule has 32 heavy (non-hydrogen) atoms. The van der Waals surface area contributed by atoms with Gasteiger partial charge in [0.25, 0.3) is 0 Å². The standard InChI is InChI=1S/4C2H6O4S.4K/c4*3-1-2-7(4,5)6;;;;/h4*3H,1-2H2,(H,4,5,6);;;;/q;;;;4*+1/p-4. The zero-order chi connectivity index (χ0) is 23.7. The van der Waals surface area contributed by atoms with Gasteiger partial charge in [0.05, 0.1) is 89.9 Å². The second-order valence-electron chi connectivity index (χ2n) is 3.94. The van der Waals surface area contributed by atoms with Crippen molar-refractivity contribution in [1.29, 1.82) is 0 Å². The van der Waals surface area contributed by atoms with E-state index in [-0.39, 0.29) is 206 Å². The van der Waals surface area contributed by atoms with Gasteiger partial charge in [0, 0.05) is 0 Å². The number of rotatable bonds is 8. The zero-order valence-corrected chi connectivity index (χ0v) is 33.7. The van der Waals surface area contributed by atoms with Crippen LogP contribution in [0, 0.1) is 0 Å². The van der Waals surface area contributed by atoms with Gasteiger partial charge in [-0.3, -0.25) is 0 Å². The van der Waals surface area contributed by atoms with Gasteiger partial charge in [-0.15, -0.1) is 0 Å². The summed E-state index contributed by atoms with van der Waals surface area (Å²) in [6.07, 6.45) is 0. The molecule has 0 bridgehead atoms. The van der Waals surface area contributed by atoms with Crippen LogP contribution in [0.4, 0.5) is 0 Å². The number of hydrogen-bond acceptors (Lipinski definition) is 16. The molecular formula is C8H20K4O16S4. The maximum Gasteiger partial charge on any atom is 1.00 e. The summed E-state index contributed by atoms with van der Waals surface area (Å²) in [5.74, 6) is -2.75. The van der Waals surface area contributed by atoms with E-state index in [0.29, 0.717) is 0 Å². The van der Waals surface area contributed by atoms with E-state index in [1.807, 2.05) is 0 Å². The molecule has 0 radical (unpaired) electrons. The Morgan fingerprint density at radius 1 is 0.375 bits per heavy atom. The molecule has 0 aliphatic heterocycles. The van der Waals surface area contributed by atoms with Gasteiger partial charge in [-0.25, -0.2) is 33.7 Å². The summed E-state index contributed by atoms with van der Waals surface area (Å²) >= 11 is 0. The van der Waals surface area contributed by atoms with Crippen LogP contribution in [-0.4, -0.2) is 122 Å². The van der Waals surface area contributed by atoms with Crippen LogP contribution in [0.1, 0.15) is 0 Å². The second-order valence-corrected chi connectivity index (χ2v) is 10.0. The first-order valence-corrected chi connectivity index (χ1v) is 12.7. The molecule has 0 aliphatic carbocycles. The van der Waals surface area contributed by atoms with Crippen LogP contribution in [0.5, 0.6) is 0 Å². The quantitative estimate of drug-likeness (QED) is 0.139. The van der Waals surface area contributed by atoms with E-state index in [4.69, 9.17) is 20.4 Å². The Balaban J connectivity index is -0.0000000384. The van der Waals surface area contributed by atoms with Gasteiger partial charge in [-0.05, 0) is 0 Å². The normalized spacial score (nSPS) is 10.2. The van der Waals surface area contributed by atoms with E-state index in [0.717, 1.165) is 0 Å². The van der Waals surface area contributed by atoms with Crippen LogP contribution >= 0.6 is 0 Å². The Bertz CT molecular complexity index is 644. The van der Waals surface area contributed by atoms with Crippen molar-refractivity contribution in [2.45, 2.75) is 0 Å². The molecule has 0 aromatic rings. The van der Waals surface area contributed by atoms with Gasteiger partial charge in [0.15, 0.2) is 0 Å². The molecule has 16 nitrogen and oxygen atoms in total. The molecule has 0 aliphatic rings. The molecule has 0 amide bonds. The van der Waals surface area contributed by atoms with Crippen molar-refractivity contribution in [3.05, 3.63) is 0 Å². The Hall–Kier alpha value is 6.03. The maximum atomic E-state index is 9.52. The summed E-state index contributed by atoms with van der Waals surface area (Å²) in [6, 6.07) is 0. The summed E-state index contributed by atoms with van der Waals surface area (Å²) in [7, 11) is -16.7. The fraction of sp³-hybridized carbons (Fsp3) is 1.00. The first-order chi connectivity index (χ1) is 12.2. The fourth-order valence-electron chi connectivity index (χ4n) is 0.447. The van der Waals surface area contributed by atoms with Gasteiger partial charge in [-0.2, -0.15) is 0 Å². The molecule has 0 spiro atoms. The van der Waals surface area contributed by atoms with Crippen molar-refractivity contribution in [2.24, 2.45) is 0 Å². The van der Waals surface area contributed by atoms with Gasteiger partial charge < -0.3 is 38.6 Å². The molecule has 24 heteroatoms. The minimum Gasteiger partial charge on any atom is -0.748 e. The van der Waals surface area contributed by atoms with E-state index < -0.39 is 89.9 Å². The summed E-state index contributed by atoms with van der Waals surface area (Å²) in [4.78, 5) is 0. The molecule has 4 N–H and O–H groups in total. The van der Waals surface area contributed by atoms with Crippen molar-refractivity contribution in [3.63, 3.8) is 0 Å². The van der Waals surface area contributed by atoms with E-state index in [2.05, 4.69) is 0 Å².